The van der Waals surface area contributed by atoms with E-state index in [2.05, 4.69) is 0 Å². The molecular weight excluding hydrogens is 281 g/mol. The maximum atomic E-state index is 12.7. The Hall–Kier alpha value is -0.990. The van der Waals surface area contributed by atoms with Gasteiger partial charge in [0.05, 0.1) is 16.4 Å². The largest absolute Gasteiger partial charge is 0.223 e. The molecule has 18 heavy (non-hydrogen) atoms. The number of rotatable bonds is 3. The summed E-state index contributed by atoms with van der Waals surface area (Å²) in [6.07, 6.45) is 1.04. The van der Waals surface area contributed by atoms with Crippen molar-refractivity contribution in [3.05, 3.63) is 30.1 Å². The Balaban J connectivity index is 2.18. The van der Waals surface area contributed by atoms with Crippen molar-refractivity contribution in [2.24, 2.45) is 0 Å². The van der Waals surface area contributed by atoms with Gasteiger partial charge in [0.15, 0.2) is 9.84 Å². The number of hydrogen-bond acceptors (Lipinski definition) is 4. The standard InChI is InChI=1S/C10H12FNO4S2/c1-17(13,14)12-6-10(7-12)18(15,16)9-4-2-8(11)3-5-9/h2-5,10H,6-7H2,1H3. The number of sulfone groups is 1. The van der Waals surface area contributed by atoms with Crippen LogP contribution in [0.4, 0.5) is 4.39 Å². The van der Waals surface area contributed by atoms with Crippen LogP contribution in [0.5, 0.6) is 0 Å². The van der Waals surface area contributed by atoms with Crippen LogP contribution in [0.15, 0.2) is 29.2 Å². The Morgan fingerprint density at radius 2 is 1.61 bits per heavy atom. The second-order valence-corrected chi connectivity index (χ2v) is 8.41. The summed E-state index contributed by atoms with van der Waals surface area (Å²) >= 11 is 0. The lowest BCUT2D eigenvalue weighted by Gasteiger charge is -2.36. The summed E-state index contributed by atoms with van der Waals surface area (Å²) in [5.74, 6) is -0.514. The molecule has 0 unspecified atom stereocenters. The molecule has 1 aromatic carbocycles. The third kappa shape index (κ3) is 2.40. The van der Waals surface area contributed by atoms with Crippen molar-refractivity contribution < 1.29 is 21.2 Å². The lowest BCUT2D eigenvalue weighted by molar-refractivity contribution is 0.312. The van der Waals surface area contributed by atoms with Gasteiger partial charge >= 0.3 is 0 Å². The van der Waals surface area contributed by atoms with E-state index in [1.54, 1.807) is 0 Å². The van der Waals surface area contributed by atoms with Crippen LogP contribution >= 0.6 is 0 Å². The first-order valence-corrected chi connectivity index (χ1v) is 8.55. The fourth-order valence-corrected chi connectivity index (χ4v) is 4.43. The Morgan fingerprint density at radius 1 is 1.11 bits per heavy atom. The summed E-state index contributed by atoms with van der Waals surface area (Å²) in [4.78, 5) is 0.0158. The molecule has 0 amide bonds. The van der Waals surface area contributed by atoms with Crippen molar-refractivity contribution in [2.45, 2.75) is 10.1 Å². The van der Waals surface area contributed by atoms with Crippen molar-refractivity contribution in [3.63, 3.8) is 0 Å². The highest BCUT2D eigenvalue weighted by atomic mass is 32.2. The zero-order chi connectivity index (χ0) is 13.6. The Labute approximate surface area is 105 Å². The second kappa shape index (κ2) is 4.29. The van der Waals surface area contributed by atoms with Gasteiger partial charge in [0, 0.05) is 13.1 Å². The first kappa shape index (κ1) is 13.4. The molecule has 1 fully saturated rings. The van der Waals surface area contributed by atoms with E-state index in [4.69, 9.17) is 0 Å². The van der Waals surface area contributed by atoms with E-state index >= 15 is 0 Å². The molecule has 1 aromatic rings. The van der Waals surface area contributed by atoms with E-state index in [1.165, 1.54) is 12.1 Å². The van der Waals surface area contributed by atoms with Gasteiger partial charge in [-0.1, -0.05) is 0 Å². The topological polar surface area (TPSA) is 71.5 Å². The molecule has 0 bridgehead atoms. The molecule has 1 aliphatic heterocycles. The maximum Gasteiger partial charge on any atom is 0.211 e. The van der Waals surface area contributed by atoms with Gasteiger partial charge in [-0.3, -0.25) is 0 Å². The summed E-state index contributed by atoms with van der Waals surface area (Å²) in [5.41, 5.74) is 0. The zero-order valence-electron chi connectivity index (χ0n) is 9.58. The van der Waals surface area contributed by atoms with E-state index < -0.39 is 30.9 Å². The van der Waals surface area contributed by atoms with Crippen LogP contribution in [0.2, 0.25) is 0 Å². The lowest BCUT2D eigenvalue weighted by Crippen LogP contribution is -2.56. The SMILES string of the molecule is CS(=O)(=O)N1CC(S(=O)(=O)c2ccc(F)cc2)C1. The molecule has 1 heterocycles. The number of sulfonamides is 1. The predicted molar refractivity (Wildman–Crippen MR) is 63.8 cm³/mol. The van der Waals surface area contributed by atoms with Crippen molar-refractivity contribution in [3.8, 4) is 0 Å². The van der Waals surface area contributed by atoms with Crippen LogP contribution in [0.1, 0.15) is 0 Å². The summed E-state index contributed by atoms with van der Waals surface area (Å²) in [7, 11) is -6.92. The normalized spacial score (nSPS) is 18.6. The Morgan fingerprint density at radius 3 is 2.06 bits per heavy atom. The van der Waals surface area contributed by atoms with Crippen molar-refractivity contribution in [1.29, 1.82) is 0 Å². The highest BCUT2D eigenvalue weighted by Crippen LogP contribution is 2.25. The van der Waals surface area contributed by atoms with Crippen molar-refractivity contribution in [2.75, 3.05) is 19.3 Å². The van der Waals surface area contributed by atoms with Crippen LogP contribution in [0, 0.1) is 5.82 Å². The molecule has 0 aliphatic carbocycles. The van der Waals surface area contributed by atoms with Gasteiger partial charge in [0.2, 0.25) is 10.0 Å². The Bertz CT molecular complexity index is 646. The monoisotopic (exact) mass is 293 g/mol. The molecule has 0 saturated carbocycles. The van der Waals surface area contributed by atoms with Crippen molar-refractivity contribution >= 4 is 19.9 Å². The van der Waals surface area contributed by atoms with E-state index in [0.29, 0.717) is 0 Å². The zero-order valence-corrected chi connectivity index (χ0v) is 11.2. The lowest BCUT2D eigenvalue weighted by atomic mass is 10.3. The van der Waals surface area contributed by atoms with Crippen LogP contribution in [0.3, 0.4) is 0 Å². The smallest absolute Gasteiger partial charge is 0.211 e. The van der Waals surface area contributed by atoms with Gasteiger partial charge in [0.25, 0.3) is 0 Å². The summed E-state index contributed by atoms with van der Waals surface area (Å²) < 4.78 is 60.2. The fourth-order valence-electron chi connectivity index (χ4n) is 1.68. The molecule has 0 atom stereocenters. The first-order valence-electron chi connectivity index (χ1n) is 5.16. The molecule has 0 radical (unpaired) electrons. The Kier molecular flexibility index (Phi) is 3.20. The molecule has 1 saturated heterocycles. The van der Waals surface area contributed by atoms with Gasteiger partial charge in [-0.2, -0.15) is 4.31 Å². The second-order valence-electron chi connectivity index (χ2n) is 4.20. The molecule has 5 nitrogen and oxygen atoms in total. The molecule has 0 aromatic heterocycles. The highest BCUT2D eigenvalue weighted by Gasteiger charge is 2.42. The third-order valence-electron chi connectivity index (χ3n) is 2.86. The van der Waals surface area contributed by atoms with Crippen LogP contribution in [-0.2, 0) is 19.9 Å². The van der Waals surface area contributed by atoms with E-state index in [0.717, 1.165) is 22.7 Å². The molecular formula is C10H12FNO4S2. The molecule has 0 spiro atoms. The van der Waals surface area contributed by atoms with Crippen LogP contribution in [-0.4, -0.2) is 45.7 Å². The molecule has 100 valence electrons. The predicted octanol–water partition coefficient (Wildman–Crippen LogP) is 0.243. The average Bonchev–Trinajstić information content (AvgIpc) is 2.12. The number of halogens is 1. The summed E-state index contributed by atoms with van der Waals surface area (Å²) in [6.45, 7) is -0.0862. The quantitative estimate of drug-likeness (QED) is 0.749. The van der Waals surface area contributed by atoms with E-state index in [-0.39, 0.29) is 18.0 Å². The molecule has 1 aliphatic rings. The van der Waals surface area contributed by atoms with Gasteiger partial charge < -0.3 is 0 Å². The minimum Gasteiger partial charge on any atom is -0.223 e. The average molecular weight is 293 g/mol. The fraction of sp³-hybridized carbons (Fsp3) is 0.400. The molecule has 8 heteroatoms. The van der Waals surface area contributed by atoms with Gasteiger partial charge in [-0.25, -0.2) is 21.2 Å². The van der Waals surface area contributed by atoms with Crippen LogP contribution in [0.25, 0.3) is 0 Å². The van der Waals surface area contributed by atoms with Gasteiger partial charge in [0.1, 0.15) is 5.82 Å². The molecule has 0 N–H and O–H groups in total. The van der Waals surface area contributed by atoms with Crippen LogP contribution < -0.4 is 0 Å². The number of nitrogens with zero attached hydrogens (tertiary/aromatic N) is 1. The number of hydrogen-bond donors (Lipinski definition) is 0. The maximum absolute atomic E-state index is 12.7. The van der Waals surface area contributed by atoms with Gasteiger partial charge in [-0.05, 0) is 24.3 Å². The highest BCUT2D eigenvalue weighted by molar-refractivity contribution is 7.92. The number of benzene rings is 1. The van der Waals surface area contributed by atoms with E-state index in [1.807, 2.05) is 0 Å². The first-order chi connectivity index (χ1) is 8.21. The third-order valence-corrected chi connectivity index (χ3v) is 6.21. The minimum absolute atomic E-state index is 0.0158. The van der Waals surface area contributed by atoms with Crippen molar-refractivity contribution in [1.82, 2.24) is 4.31 Å². The molecule has 2 rings (SSSR count). The minimum atomic E-state index is -3.58. The summed E-state index contributed by atoms with van der Waals surface area (Å²) in [5, 5.41) is -0.752. The van der Waals surface area contributed by atoms with E-state index in [9.17, 15) is 21.2 Å². The summed E-state index contributed by atoms with van der Waals surface area (Å²) in [6, 6.07) is 4.52. The van der Waals surface area contributed by atoms with Gasteiger partial charge in [-0.15, -0.1) is 0 Å².